The molecule has 19 heavy (non-hydrogen) atoms. The lowest BCUT2D eigenvalue weighted by atomic mass is 9.78. The zero-order valence-electron chi connectivity index (χ0n) is 11.5. The molecule has 1 heterocycles. The van der Waals surface area contributed by atoms with Gasteiger partial charge in [0, 0.05) is 18.7 Å². The first-order valence-corrected chi connectivity index (χ1v) is 7.56. The van der Waals surface area contributed by atoms with Gasteiger partial charge < -0.3 is 9.73 Å². The maximum absolute atomic E-state index is 12.0. The first-order valence-electron chi connectivity index (χ1n) is 7.03. The van der Waals surface area contributed by atoms with E-state index in [-0.39, 0.29) is 11.4 Å². The number of carbonyl (C=O) groups is 1. The van der Waals surface area contributed by atoms with Crippen LogP contribution in [0.2, 0.25) is 0 Å². The van der Waals surface area contributed by atoms with Crippen LogP contribution in [0.5, 0.6) is 0 Å². The van der Waals surface area contributed by atoms with Gasteiger partial charge in [-0.05, 0) is 43.7 Å². The molecular weight excluding hydrogens is 262 g/mol. The summed E-state index contributed by atoms with van der Waals surface area (Å²) in [5.41, 5.74) is -0.186. The van der Waals surface area contributed by atoms with E-state index in [1.807, 2.05) is 12.1 Å². The van der Waals surface area contributed by atoms with Crippen molar-refractivity contribution in [3.63, 3.8) is 0 Å². The molecule has 0 bridgehead atoms. The Balaban J connectivity index is 1.82. The van der Waals surface area contributed by atoms with Crippen molar-refractivity contribution >= 4 is 17.5 Å². The second-order valence-electron chi connectivity index (χ2n) is 5.72. The minimum atomic E-state index is -0.186. The highest BCUT2D eigenvalue weighted by molar-refractivity contribution is 6.18. The summed E-state index contributed by atoms with van der Waals surface area (Å²) in [6.45, 7) is 2.26. The maximum Gasteiger partial charge on any atom is 0.220 e. The number of halogens is 1. The van der Waals surface area contributed by atoms with E-state index in [9.17, 15) is 4.79 Å². The van der Waals surface area contributed by atoms with E-state index in [2.05, 4.69) is 12.2 Å². The van der Waals surface area contributed by atoms with Crippen molar-refractivity contribution in [2.75, 3.05) is 5.88 Å². The molecular formula is C15H22ClNO2. The fraction of sp³-hybridized carbons (Fsp3) is 0.667. The van der Waals surface area contributed by atoms with Gasteiger partial charge in [0.2, 0.25) is 5.91 Å². The van der Waals surface area contributed by atoms with Gasteiger partial charge in [0.25, 0.3) is 0 Å². The van der Waals surface area contributed by atoms with Gasteiger partial charge in [-0.15, -0.1) is 11.6 Å². The zero-order valence-corrected chi connectivity index (χ0v) is 12.2. The van der Waals surface area contributed by atoms with Gasteiger partial charge in [-0.3, -0.25) is 4.79 Å². The molecule has 1 aliphatic rings. The van der Waals surface area contributed by atoms with Crippen molar-refractivity contribution in [3.05, 3.63) is 24.2 Å². The monoisotopic (exact) mass is 283 g/mol. The summed E-state index contributed by atoms with van der Waals surface area (Å²) in [6, 6.07) is 3.74. The Labute approximate surface area is 119 Å². The molecule has 0 atom stereocenters. The van der Waals surface area contributed by atoms with Gasteiger partial charge >= 0.3 is 0 Å². The fourth-order valence-corrected chi connectivity index (χ4v) is 2.99. The highest BCUT2D eigenvalue weighted by Gasteiger charge is 2.34. The normalized spacial score (nSPS) is 27.2. The predicted molar refractivity (Wildman–Crippen MR) is 76.3 cm³/mol. The third kappa shape index (κ3) is 4.00. The Morgan fingerprint density at radius 1 is 1.53 bits per heavy atom. The quantitative estimate of drug-likeness (QED) is 0.840. The summed E-state index contributed by atoms with van der Waals surface area (Å²) in [4.78, 5) is 12.0. The predicted octanol–water partition coefficient (Wildman–Crippen LogP) is 3.52. The van der Waals surface area contributed by atoms with Gasteiger partial charge in [-0.25, -0.2) is 0 Å². The van der Waals surface area contributed by atoms with Crippen molar-refractivity contribution in [3.8, 4) is 0 Å². The Kier molecular flexibility index (Phi) is 4.92. The second-order valence-corrected chi connectivity index (χ2v) is 5.99. The lowest BCUT2D eigenvalue weighted by Crippen LogP contribution is -2.52. The van der Waals surface area contributed by atoms with Crippen molar-refractivity contribution in [2.45, 2.75) is 51.0 Å². The molecule has 0 radical (unpaired) electrons. The number of alkyl halides is 1. The molecule has 0 spiro atoms. The molecule has 1 aromatic heterocycles. The van der Waals surface area contributed by atoms with Crippen LogP contribution in [0.1, 0.15) is 44.8 Å². The summed E-state index contributed by atoms with van der Waals surface area (Å²) in [5.74, 6) is 2.18. The minimum Gasteiger partial charge on any atom is -0.469 e. The molecule has 3 nitrogen and oxygen atoms in total. The molecule has 106 valence electrons. The molecule has 1 amide bonds. The van der Waals surface area contributed by atoms with E-state index < -0.39 is 0 Å². The lowest BCUT2D eigenvalue weighted by Gasteiger charge is -2.38. The average molecular weight is 284 g/mol. The number of hydrogen-bond acceptors (Lipinski definition) is 2. The molecule has 2 rings (SSSR count). The van der Waals surface area contributed by atoms with Crippen molar-refractivity contribution in [2.24, 2.45) is 5.92 Å². The third-order valence-corrected chi connectivity index (χ3v) is 4.58. The molecule has 1 saturated carbocycles. The minimum absolute atomic E-state index is 0.0756. The van der Waals surface area contributed by atoms with E-state index in [1.54, 1.807) is 6.26 Å². The van der Waals surface area contributed by atoms with Crippen LogP contribution in [0.4, 0.5) is 0 Å². The molecule has 0 aliphatic heterocycles. The Hall–Kier alpha value is -0.960. The van der Waals surface area contributed by atoms with Gasteiger partial charge in [-0.1, -0.05) is 6.92 Å². The summed E-state index contributed by atoms with van der Waals surface area (Å²) in [5, 5.41) is 3.15. The highest BCUT2D eigenvalue weighted by atomic mass is 35.5. The highest BCUT2D eigenvalue weighted by Crippen LogP contribution is 2.32. The van der Waals surface area contributed by atoms with Crippen LogP contribution < -0.4 is 5.32 Å². The van der Waals surface area contributed by atoms with Gasteiger partial charge in [-0.2, -0.15) is 0 Å². The van der Waals surface area contributed by atoms with Crippen LogP contribution >= 0.6 is 11.6 Å². The van der Waals surface area contributed by atoms with Crippen LogP contribution in [0.25, 0.3) is 0 Å². The van der Waals surface area contributed by atoms with Gasteiger partial charge in [0.1, 0.15) is 5.76 Å². The van der Waals surface area contributed by atoms with Crippen LogP contribution in [0.3, 0.4) is 0 Å². The molecule has 1 aliphatic carbocycles. The van der Waals surface area contributed by atoms with E-state index in [0.717, 1.165) is 37.4 Å². The number of furan rings is 1. The molecule has 1 aromatic rings. The number of aryl methyl sites for hydroxylation is 1. The van der Waals surface area contributed by atoms with Crippen LogP contribution in [-0.2, 0) is 11.2 Å². The average Bonchev–Trinajstić information content (AvgIpc) is 2.93. The molecule has 1 N–H and O–H groups in total. The smallest absolute Gasteiger partial charge is 0.220 e. The van der Waals surface area contributed by atoms with Crippen molar-refractivity contribution in [1.82, 2.24) is 5.32 Å². The van der Waals surface area contributed by atoms with E-state index in [1.165, 1.54) is 0 Å². The maximum atomic E-state index is 12.0. The summed E-state index contributed by atoms with van der Waals surface area (Å²) in [6.07, 6.45) is 7.01. The number of rotatable bonds is 5. The Morgan fingerprint density at radius 2 is 2.26 bits per heavy atom. The number of carbonyl (C=O) groups excluding carboxylic acids is 1. The van der Waals surface area contributed by atoms with E-state index in [4.69, 9.17) is 16.0 Å². The molecule has 0 unspecified atom stereocenters. The molecule has 0 saturated heterocycles. The first-order chi connectivity index (χ1) is 9.13. The molecule has 1 fully saturated rings. The summed E-state index contributed by atoms with van der Waals surface area (Å²) in [7, 11) is 0. The van der Waals surface area contributed by atoms with Crippen LogP contribution in [0, 0.1) is 5.92 Å². The number of nitrogens with one attached hydrogen (secondary N) is 1. The third-order valence-electron chi connectivity index (χ3n) is 4.07. The SMILES string of the molecule is CC1CCC(CCl)(NC(=O)CCc2ccco2)CC1. The van der Waals surface area contributed by atoms with E-state index in [0.29, 0.717) is 18.7 Å². The van der Waals surface area contributed by atoms with Crippen molar-refractivity contribution < 1.29 is 9.21 Å². The Bertz CT molecular complexity index is 394. The first kappa shape index (κ1) is 14.4. The zero-order chi connectivity index (χ0) is 13.7. The number of amides is 1. The fourth-order valence-electron chi connectivity index (χ4n) is 2.66. The largest absolute Gasteiger partial charge is 0.469 e. The topological polar surface area (TPSA) is 42.2 Å². The van der Waals surface area contributed by atoms with Crippen LogP contribution in [0.15, 0.2) is 22.8 Å². The standard InChI is InChI=1S/C15H22ClNO2/c1-12-6-8-15(11-16,9-7-12)17-14(18)5-4-13-3-2-10-19-13/h2-3,10,12H,4-9,11H2,1H3,(H,17,18). The lowest BCUT2D eigenvalue weighted by molar-refractivity contribution is -0.123. The number of hydrogen-bond donors (Lipinski definition) is 1. The van der Waals surface area contributed by atoms with Crippen molar-refractivity contribution in [1.29, 1.82) is 0 Å². The molecule has 0 aromatic carbocycles. The van der Waals surface area contributed by atoms with Gasteiger partial charge in [0.05, 0.1) is 11.8 Å². The van der Waals surface area contributed by atoms with Crippen LogP contribution in [-0.4, -0.2) is 17.3 Å². The van der Waals surface area contributed by atoms with Gasteiger partial charge in [0.15, 0.2) is 0 Å². The second kappa shape index (κ2) is 6.47. The Morgan fingerprint density at radius 3 is 2.84 bits per heavy atom. The molecule has 4 heteroatoms. The summed E-state index contributed by atoms with van der Waals surface area (Å²) < 4.78 is 5.23. The summed E-state index contributed by atoms with van der Waals surface area (Å²) >= 11 is 6.10. The van der Waals surface area contributed by atoms with E-state index >= 15 is 0 Å².